The third-order valence-corrected chi connectivity index (χ3v) is 4.30. The van der Waals surface area contributed by atoms with E-state index in [1.165, 1.54) is 19.1 Å². The number of carboxylic acid groups (broad SMARTS) is 1. The van der Waals surface area contributed by atoms with E-state index in [-0.39, 0.29) is 23.4 Å². The first-order chi connectivity index (χ1) is 15.2. The molecule has 7 nitrogen and oxygen atoms in total. The van der Waals surface area contributed by atoms with Crippen LogP contribution in [0.2, 0.25) is 0 Å². The van der Waals surface area contributed by atoms with E-state index in [4.69, 9.17) is 5.11 Å². The number of pyridine rings is 1. The van der Waals surface area contributed by atoms with Gasteiger partial charge in [-0.3, -0.25) is 9.78 Å². The van der Waals surface area contributed by atoms with Crippen LogP contribution in [0.25, 0.3) is 0 Å². The van der Waals surface area contributed by atoms with Gasteiger partial charge in [0.2, 0.25) is 5.91 Å². The number of hydrogen-bond donors (Lipinski definition) is 3. The Bertz CT molecular complexity index is 946. The summed E-state index contributed by atoms with van der Waals surface area (Å²) in [7, 11) is 0. The van der Waals surface area contributed by atoms with Crippen LogP contribution >= 0.6 is 0 Å². The molecule has 2 atom stereocenters. The van der Waals surface area contributed by atoms with Crippen molar-refractivity contribution in [3.63, 3.8) is 0 Å². The summed E-state index contributed by atoms with van der Waals surface area (Å²) >= 11 is 0. The summed E-state index contributed by atoms with van der Waals surface area (Å²) in [5.41, 5.74) is -0.346. The van der Waals surface area contributed by atoms with Gasteiger partial charge in [-0.15, -0.1) is 0 Å². The van der Waals surface area contributed by atoms with Crippen LogP contribution in [0.4, 0.5) is 31.1 Å². The molecule has 2 aromatic rings. The van der Waals surface area contributed by atoms with E-state index in [1.807, 2.05) is 5.32 Å². The van der Waals surface area contributed by atoms with E-state index < -0.39 is 48.6 Å². The molecule has 0 aliphatic rings. The molecule has 2 rings (SSSR count). The van der Waals surface area contributed by atoms with Crippen LogP contribution in [0.1, 0.15) is 29.8 Å². The quantitative estimate of drug-likeness (QED) is 0.495. The largest absolute Gasteiger partial charge is 0.483 e. The maximum atomic E-state index is 12.7. The summed E-state index contributed by atoms with van der Waals surface area (Å²) in [5, 5.41) is 13.5. The number of rotatable bonds is 8. The molecule has 1 heterocycles. The SMILES string of the molecule is C[C@@H](NC(=O)C(Cc1ccc(C(F)(F)F)cc1)NC(=O)O)c1ccc(OCC(F)(F)F)cn1. The van der Waals surface area contributed by atoms with Crippen molar-refractivity contribution in [3.05, 3.63) is 59.4 Å². The molecular weight excluding hydrogens is 460 g/mol. The molecule has 1 aromatic heterocycles. The van der Waals surface area contributed by atoms with Crippen molar-refractivity contribution in [1.29, 1.82) is 0 Å². The Morgan fingerprint density at radius 2 is 1.67 bits per heavy atom. The summed E-state index contributed by atoms with van der Waals surface area (Å²) in [4.78, 5) is 27.6. The first-order valence-electron chi connectivity index (χ1n) is 9.36. The van der Waals surface area contributed by atoms with Crippen molar-refractivity contribution in [2.75, 3.05) is 6.61 Å². The van der Waals surface area contributed by atoms with Crippen molar-refractivity contribution >= 4 is 12.0 Å². The Hall–Kier alpha value is -3.51. The summed E-state index contributed by atoms with van der Waals surface area (Å²) in [6.45, 7) is 0.0131. The number of alkyl halides is 6. The molecule has 0 bridgehead atoms. The second-order valence-corrected chi connectivity index (χ2v) is 6.95. The second-order valence-electron chi connectivity index (χ2n) is 6.95. The molecule has 33 heavy (non-hydrogen) atoms. The predicted octanol–water partition coefficient (Wildman–Crippen LogP) is 4.10. The van der Waals surface area contributed by atoms with Crippen LogP contribution in [0, 0.1) is 0 Å². The minimum Gasteiger partial charge on any atom is -0.483 e. The van der Waals surface area contributed by atoms with Crippen LogP contribution in [0.3, 0.4) is 0 Å². The molecule has 0 spiro atoms. The number of benzene rings is 1. The highest BCUT2D eigenvalue weighted by Crippen LogP contribution is 2.29. The van der Waals surface area contributed by atoms with Crippen molar-refractivity contribution in [1.82, 2.24) is 15.6 Å². The smallest absolute Gasteiger partial charge is 0.422 e. The fraction of sp³-hybridized carbons (Fsp3) is 0.350. The van der Waals surface area contributed by atoms with Crippen molar-refractivity contribution in [3.8, 4) is 5.75 Å². The lowest BCUT2D eigenvalue weighted by atomic mass is 10.0. The topological polar surface area (TPSA) is 101 Å². The van der Waals surface area contributed by atoms with Crippen molar-refractivity contribution in [2.45, 2.75) is 37.8 Å². The van der Waals surface area contributed by atoms with Gasteiger partial charge in [0, 0.05) is 6.42 Å². The number of aromatic nitrogens is 1. The van der Waals surface area contributed by atoms with Crippen LogP contribution in [-0.2, 0) is 17.4 Å². The van der Waals surface area contributed by atoms with Gasteiger partial charge in [-0.25, -0.2) is 4.79 Å². The van der Waals surface area contributed by atoms with Crippen LogP contribution in [0.5, 0.6) is 5.75 Å². The Balaban J connectivity index is 2.04. The number of hydrogen-bond acceptors (Lipinski definition) is 4. The van der Waals surface area contributed by atoms with E-state index >= 15 is 0 Å². The van der Waals surface area contributed by atoms with E-state index in [0.29, 0.717) is 0 Å². The summed E-state index contributed by atoms with van der Waals surface area (Å²) in [6, 6.07) is 4.38. The molecular formula is C20H19F6N3O4. The van der Waals surface area contributed by atoms with Crippen LogP contribution in [0.15, 0.2) is 42.6 Å². The molecule has 0 saturated carbocycles. The molecule has 3 N–H and O–H groups in total. The maximum Gasteiger partial charge on any atom is 0.422 e. The number of nitrogens with one attached hydrogen (secondary N) is 2. The molecule has 0 aliphatic carbocycles. The van der Waals surface area contributed by atoms with Gasteiger partial charge in [0.05, 0.1) is 23.5 Å². The second kappa shape index (κ2) is 10.4. The lowest BCUT2D eigenvalue weighted by Gasteiger charge is -2.20. The fourth-order valence-electron chi connectivity index (χ4n) is 2.71. The van der Waals surface area contributed by atoms with Crippen molar-refractivity contribution < 1.29 is 45.8 Å². The number of amides is 2. The first kappa shape index (κ1) is 25.7. The molecule has 0 fully saturated rings. The standard InChI is InChI=1S/C20H19F6N3O4/c1-11(15-7-6-14(9-27-15)33-10-19(21,22)23)28-17(30)16(29-18(31)32)8-12-2-4-13(5-3-12)20(24,25)26/h2-7,9,11,16,29H,8,10H2,1H3,(H,28,30)(H,31,32)/t11-,16?/m1/s1. The Morgan fingerprint density at radius 1 is 1.03 bits per heavy atom. The van der Waals surface area contributed by atoms with Gasteiger partial charge >= 0.3 is 18.4 Å². The normalized spacial score (nSPS) is 13.7. The molecule has 0 radical (unpaired) electrons. The third kappa shape index (κ3) is 8.50. The number of ether oxygens (including phenoxy) is 1. The number of halogens is 6. The van der Waals surface area contributed by atoms with Gasteiger partial charge in [-0.1, -0.05) is 12.1 Å². The molecule has 1 unspecified atom stereocenters. The average molecular weight is 479 g/mol. The highest BCUT2D eigenvalue weighted by atomic mass is 19.4. The molecule has 180 valence electrons. The van der Waals surface area contributed by atoms with Crippen LogP contribution < -0.4 is 15.4 Å². The maximum absolute atomic E-state index is 12.7. The lowest BCUT2D eigenvalue weighted by molar-refractivity contribution is -0.153. The van der Waals surface area contributed by atoms with E-state index in [2.05, 4.69) is 15.0 Å². The number of carbonyl (C=O) groups excluding carboxylic acids is 1. The minimum atomic E-state index is -4.54. The van der Waals surface area contributed by atoms with Crippen LogP contribution in [-0.4, -0.2) is 40.9 Å². The van der Waals surface area contributed by atoms with Gasteiger partial charge in [-0.2, -0.15) is 26.3 Å². The Kier molecular flexibility index (Phi) is 8.12. The first-order valence-corrected chi connectivity index (χ1v) is 9.36. The predicted molar refractivity (Wildman–Crippen MR) is 102 cm³/mol. The van der Waals surface area contributed by atoms with Gasteiger partial charge in [0.15, 0.2) is 6.61 Å². The number of carbonyl (C=O) groups is 2. The van der Waals surface area contributed by atoms with Crippen molar-refractivity contribution in [2.24, 2.45) is 0 Å². The van der Waals surface area contributed by atoms with Gasteiger partial charge in [0.25, 0.3) is 0 Å². The monoisotopic (exact) mass is 479 g/mol. The highest BCUT2D eigenvalue weighted by molar-refractivity contribution is 5.85. The molecule has 0 saturated heterocycles. The summed E-state index contributed by atoms with van der Waals surface area (Å²) in [6.07, 6.45) is -9.75. The fourth-order valence-corrected chi connectivity index (χ4v) is 2.71. The highest BCUT2D eigenvalue weighted by Gasteiger charge is 2.31. The molecule has 13 heteroatoms. The zero-order valence-corrected chi connectivity index (χ0v) is 17.0. The Labute approximate surface area is 183 Å². The minimum absolute atomic E-state index is 0.137. The molecule has 0 aliphatic heterocycles. The summed E-state index contributed by atoms with van der Waals surface area (Å²) in [5.74, 6) is -0.911. The average Bonchev–Trinajstić information content (AvgIpc) is 2.71. The van der Waals surface area contributed by atoms with Gasteiger partial charge in [-0.05, 0) is 36.8 Å². The van der Waals surface area contributed by atoms with Gasteiger partial charge < -0.3 is 20.5 Å². The van der Waals surface area contributed by atoms with E-state index in [0.717, 1.165) is 30.5 Å². The molecule has 2 amide bonds. The zero-order valence-electron chi connectivity index (χ0n) is 17.0. The van der Waals surface area contributed by atoms with E-state index in [1.54, 1.807) is 0 Å². The number of nitrogens with zero attached hydrogens (tertiary/aromatic N) is 1. The lowest BCUT2D eigenvalue weighted by Crippen LogP contribution is -2.48. The third-order valence-electron chi connectivity index (χ3n) is 4.30. The zero-order chi connectivity index (χ0) is 24.8. The molecule has 1 aromatic carbocycles. The summed E-state index contributed by atoms with van der Waals surface area (Å²) < 4.78 is 79.2. The Morgan fingerprint density at radius 3 is 2.15 bits per heavy atom. The van der Waals surface area contributed by atoms with Gasteiger partial charge in [0.1, 0.15) is 11.8 Å². The van der Waals surface area contributed by atoms with E-state index in [9.17, 15) is 35.9 Å².